The molecule has 1 atom stereocenters. The van der Waals surface area contributed by atoms with Crippen LogP contribution in [0.1, 0.15) is 27.7 Å². The van der Waals surface area contributed by atoms with Gasteiger partial charge in [0.2, 0.25) is 11.8 Å². The molecule has 0 radical (unpaired) electrons. The lowest BCUT2D eigenvalue weighted by atomic mass is 10.0. The van der Waals surface area contributed by atoms with Crippen LogP contribution in [0.5, 0.6) is 0 Å². The van der Waals surface area contributed by atoms with Gasteiger partial charge in [0.15, 0.2) is 0 Å². The van der Waals surface area contributed by atoms with Gasteiger partial charge in [-0.3, -0.25) is 19.7 Å². The van der Waals surface area contributed by atoms with Gasteiger partial charge in [-0.15, -0.1) is 0 Å². The number of carbonyl (C=O) groups is 2. The summed E-state index contributed by atoms with van der Waals surface area (Å²) in [4.78, 5) is 34.1. The van der Waals surface area contributed by atoms with Gasteiger partial charge in [0.05, 0.1) is 4.92 Å². The van der Waals surface area contributed by atoms with E-state index in [0.717, 1.165) is 0 Å². The number of rotatable bonds is 7. The number of nitrogens with zero attached hydrogens (tertiary/aromatic N) is 1. The molecule has 1 aromatic rings. The summed E-state index contributed by atoms with van der Waals surface area (Å²) in [6.45, 7) is 7.21. The van der Waals surface area contributed by atoms with Crippen LogP contribution in [0.2, 0.25) is 0 Å². The van der Waals surface area contributed by atoms with Crippen LogP contribution in [0, 0.1) is 10.1 Å². The van der Waals surface area contributed by atoms with Gasteiger partial charge in [-0.25, -0.2) is 0 Å². The number of nitro benzene ring substituents is 1. The lowest BCUT2D eigenvalue weighted by Crippen LogP contribution is -2.54. The Morgan fingerprint density at radius 2 is 1.83 bits per heavy atom. The van der Waals surface area contributed by atoms with Crippen molar-refractivity contribution >= 4 is 23.2 Å². The minimum Gasteiger partial charge on any atom is -0.372 e. The molecule has 0 fully saturated rings. The summed E-state index contributed by atoms with van der Waals surface area (Å²) < 4.78 is 0. The van der Waals surface area contributed by atoms with E-state index in [9.17, 15) is 19.7 Å². The van der Waals surface area contributed by atoms with Crippen molar-refractivity contribution in [2.24, 2.45) is 0 Å². The predicted molar refractivity (Wildman–Crippen MR) is 87.1 cm³/mol. The summed E-state index contributed by atoms with van der Waals surface area (Å²) in [6.07, 6.45) is 0. The van der Waals surface area contributed by atoms with Crippen molar-refractivity contribution in [1.29, 1.82) is 0 Å². The number of non-ortho nitro benzene ring substituents is 1. The van der Waals surface area contributed by atoms with Crippen molar-refractivity contribution in [3.8, 4) is 0 Å². The third-order valence-corrected chi connectivity index (χ3v) is 3.19. The average molecular weight is 322 g/mol. The highest BCUT2D eigenvalue weighted by molar-refractivity contribution is 5.93. The molecule has 126 valence electrons. The molecular weight excluding hydrogens is 300 g/mol. The van der Waals surface area contributed by atoms with Crippen LogP contribution in [0.25, 0.3) is 0 Å². The van der Waals surface area contributed by atoms with E-state index >= 15 is 0 Å². The fourth-order valence-electron chi connectivity index (χ4n) is 1.85. The normalized spacial score (nSPS) is 12.2. The SMILES string of the molecule is CCNC(=O)C(C)NC(=O)C(C)(C)Nc1ccc([N+](=O)[O-])cc1. The van der Waals surface area contributed by atoms with Gasteiger partial charge in [0.1, 0.15) is 11.6 Å². The average Bonchev–Trinajstić information content (AvgIpc) is 2.47. The Morgan fingerprint density at radius 1 is 1.26 bits per heavy atom. The molecule has 2 amide bonds. The smallest absolute Gasteiger partial charge is 0.269 e. The van der Waals surface area contributed by atoms with E-state index in [2.05, 4.69) is 16.0 Å². The topological polar surface area (TPSA) is 113 Å². The molecule has 0 aliphatic heterocycles. The number of likely N-dealkylation sites (N-methyl/N-ethyl adjacent to an activating group) is 1. The van der Waals surface area contributed by atoms with Crippen LogP contribution in [-0.4, -0.2) is 34.9 Å². The minimum absolute atomic E-state index is 0.0253. The second-order valence-electron chi connectivity index (χ2n) is 5.64. The van der Waals surface area contributed by atoms with Gasteiger partial charge in [0.25, 0.3) is 5.69 Å². The Labute approximate surface area is 134 Å². The quantitative estimate of drug-likeness (QED) is 0.519. The van der Waals surface area contributed by atoms with E-state index in [1.165, 1.54) is 24.3 Å². The Balaban J connectivity index is 2.71. The molecule has 1 aromatic carbocycles. The second kappa shape index (κ2) is 7.57. The molecule has 8 heteroatoms. The molecular formula is C15H22N4O4. The van der Waals surface area contributed by atoms with E-state index in [-0.39, 0.29) is 17.5 Å². The van der Waals surface area contributed by atoms with Crippen molar-refractivity contribution in [1.82, 2.24) is 10.6 Å². The molecule has 8 nitrogen and oxygen atoms in total. The molecule has 0 saturated carbocycles. The molecule has 1 rings (SSSR count). The van der Waals surface area contributed by atoms with Crippen molar-refractivity contribution in [2.45, 2.75) is 39.3 Å². The van der Waals surface area contributed by atoms with Gasteiger partial charge >= 0.3 is 0 Å². The van der Waals surface area contributed by atoms with Crippen LogP contribution >= 0.6 is 0 Å². The molecule has 0 aliphatic carbocycles. The van der Waals surface area contributed by atoms with E-state index in [0.29, 0.717) is 12.2 Å². The van der Waals surface area contributed by atoms with Gasteiger partial charge < -0.3 is 16.0 Å². The number of nitro groups is 1. The summed E-state index contributed by atoms with van der Waals surface area (Å²) in [5.41, 5.74) is -0.444. The van der Waals surface area contributed by atoms with Gasteiger partial charge in [0, 0.05) is 24.4 Å². The Hall–Kier alpha value is -2.64. The summed E-state index contributed by atoms with van der Waals surface area (Å²) >= 11 is 0. The lowest BCUT2D eigenvalue weighted by Gasteiger charge is -2.28. The molecule has 1 unspecified atom stereocenters. The van der Waals surface area contributed by atoms with E-state index < -0.39 is 16.5 Å². The Bertz CT molecular complexity index is 584. The first kappa shape index (κ1) is 18.4. The highest BCUT2D eigenvalue weighted by atomic mass is 16.6. The molecule has 0 saturated heterocycles. The van der Waals surface area contributed by atoms with Crippen LogP contribution < -0.4 is 16.0 Å². The fourth-order valence-corrected chi connectivity index (χ4v) is 1.85. The molecule has 0 aliphatic rings. The molecule has 0 bridgehead atoms. The van der Waals surface area contributed by atoms with Crippen molar-refractivity contribution in [2.75, 3.05) is 11.9 Å². The number of hydrogen-bond acceptors (Lipinski definition) is 5. The van der Waals surface area contributed by atoms with Crippen molar-refractivity contribution in [3.05, 3.63) is 34.4 Å². The van der Waals surface area contributed by atoms with Crippen molar-refractivity contribution in [3.63, 3.8) is 0 Å². The summed E-state index contributed by atoms with van der Waals surface area (Å²) in [5.74, 6) is -0.610. The summed E-state index contributed by atoms with van der Waals surface area (Å²) in [5, 5.41) is 18.9. The summed E-state index contributed by atoms with van der Waals surface area (Å²) in [6, 6.07) is 5.11. The maximum absolute atomic E-state index is 12.3. The molecule has 0 aromatic heterocycles. The largest absolute Gasteiger partial charge is 0.372 e. The van der Waals surface area contributed by atoms with E-state index in [4.69, 9.17) is 0 Å². The number of benzene rings is 1. The highest BCUT2D eigenvalue weighted by Crippen LogP contribution is 2.19. The zero-order valence-electron chi connectivity index (χ0n) is 13.7. The predicted octanol–water partition coefficient (Wildman–Crippen LogP) is 1.43. The third kappa shape index (κ3) is 5.24. The van der Waals surface area contributed by atoms with E-state index in [1.54, 1.807) is 27.7 Å². The van der Waals surface area contributed by atoms with Crippen LogP contribution in [0.15, 0.2) is 24.3 Å². The van der Waals surface area contributed by atoms with Gasteiger partial charge in [-0.05, 0) is 39.8 Å². The maximum Gasteiger partial charge on any atom is 0.269 e. The number of anilines is 1. The van der Waals surface area contributed by atoms with Crippen LogP contribution in [0.3, 0.4) is 0 Å². The maximum atomic E-state index is 12.3. The van der Waals surface area contributed by atoms with Gasteiger partial charge in [-0.1, -0.05) is 0 Å². The van der Waals surface area contributed by atoms with Gasteiger partial charge in [-0.2, -0.15) is 0 Å². The zero-order chi connectivity index (χ0) is 17.6. The highest BCUT2D eigenvalue weighted by Gasteiger charge is 2.29. The number of nitrogens with one attached hydrogen (secondary N) is 3. The zero-order valence-corrected chi connectivity index (χ0v) is 13.7. The first-order chi connectivity index (χ1) is 10.7. The fraction of sp³-hybridized carbons (Fsp3) is 0.467. The molecule has 0 heterocycles. The standard InChI is InChI=1S/C15H22N4O4/c1-5-16-13(20)10(2)17-14(21)15(3,4)18-11-6-8-12(9-7-11)19(22)23/h6-10,18H,5H2,1-4H3,(H,16,20)(H,17,21). The lowest BCUT2D eigenvalue weighted by molar-refractivity contribution is -0.384. The minimum atomic E-state index is -0.989. The number of carbonyl (C=O) groups excluding carboxylic acids is 2. The second-order valence-corrected chi connectivity index (χ2v) is 5.64. The number of hydrogen-bond donors (Lipinski definition) is 3. The molecule has 3 N–H and O–H groups in total. The molecule has 0 spiro atoms. The molecule has 23 heavy (non-hydrogen) atoms. The summed E-state index contributed by atoms with van der Waals surface area (Å²) in [7, 11) is 0. The number of amides is 2. The van der Waals surface area contributed by atoms with E-state index in [1.807, 2.05) is 0 Å². The third-order valence-electron chi connectivity index (χ3n) is 3.19. The first-order valence-corrected chi connectivity index (χ1v) is 7.28. The monoisotopic (exact) mass is 322 g/mol. The first-order valence-electron chi connectivity index (χ1n) is 7.28. The van der Waals surface area contributed by atoms with Crippen LogP contribution in [0.4, 0.5) is 11.4 Å². The van der Waals surface area contributed by atoms with Crippen LogP contribution in [-0.2, 0) is 9.59 Å². The Morgan fingerprint density at radius 3 is 2.30 bits per heavy atom. The van der Waals surface area contributed by atoms with Crippen molar-refractivity contribution < 1.29 is 14.5 Å². The Kier molecular flexibility index (Phi) is 6.06.